The van der Waals surface area contributed by atoms with Gasteiger partial charge in [-0.25, -0.2) is 28.8 Å². The highest BCUT2D eigenvalue weighted by molar-refractivity contribution is 6.38. The van der Waals surface area contributed by atoms with Gasteiger partial charge in [-0.1, -0.05) is 23.2 Å². The summed E-state index contributed by atoms with van der Waals surface area (Å²) in [5.74, 6) is -9.93. The standard InChI is InChI=1S/C18H8Cl2O11/c19-11-7(13(21)22)3-1-5(9(11)15(25)26)17(29)31-18(30)6-2-4-8(14(23)24)12(20)10(6)16(27)28/h1-4H,(H,21,22)(H,23,24)(H,25,26)(H,27,28). The second-order valence-electron chi connectivity index (χ2n) is 5.60. The molecule has 0 aromatic heterocycles. The zero-order chi connectivity index (χ0) is 23.6. The maximum absolute atomic E-state index is 12.3. The van der Waals surface area contributed by atoms with Crippen molar-refractivity contribution in [2.45, 2.75) is 0 Å². The van der Waals surface area contributed by atoms with E-state index in [1.807, 2.05) is 0 Å². The van der Waals surface area contributed by atoms with Crippen LogP contribution in [0.15, 0.2) is 24.3 Å². The Hall–Kier alpha value is -3.96. The number of rotatable bonds is 6. The van der Waals surface area contributed by atoms with E-state index in [9.17, 15) is 39.0 Å². The zero-order valence-corrected chi connectivity index (χ0v) is 16.2. The SMILES string of the molecule is O=C(O)c1ccc(C(=O)OC(=O)c2ccc(C(=O)O)c(Cl)c2C(=O)O)c(C(=O)O)c1Cl. The number of benzene rings is 2. The molecule has 31 heavy (non-hydrogen) atoms. The van der Waals surface area contributed by atoms with Crippen LogP contribution in [0.25, 0.3) is 0 Å². The fraction of sp³-hybridized carbons (Fsp3) is 0. The van der Waals surface area contributed by atoms with Gasteiger partial charge in [-0.05, 0) is 24.3 Å². The fourth-order valence-electron chi connectivity index (χ4n) is 2.44. The average molecular weight is 471 g/mol. The van der Waals surface area contributed by atoms with Crippen molar-refractivity contribution in [1.29, 1.82) is 0 Å². The fourth-order valence-corrected chi connectivity index (χ4v) is 3.09. The summed E-state index contributed by atoms with van der Waals surface area (Å²) in [4.78, 5) is 69.8. The third-order valence-corrected chi connectivity index (χ3v) is 4.58. The van der Waals surface area contributed by atoms with E-state index in [0.29, 0.717) is 0 Å². The van der Waals surface area contributed by atoms with Crippen LogP contribution in [-0.4, -0.2) is 56.2 Å². The highest BCUT2D eigenvalue weighted by Gasteiger charge is 2.30. The lowest BCUT2D eigenvalue weighted by Gasteiger charge is -2.11. The van der Waals surface area contributed by atoms with Gasteiger partial charge < -0.3 is 25.2 Å². The smallest absolute Gasteiger partial charge is 0.346 e. The number of carboxylic acids is 4. The van der Waals surface area contributed by atoms with Gasteiger partial charge in [0.05, 0.1) is 43.4 Å². The summed E-state index contributed by atoms with van der Waals surface area (Å²) < 4.78 is 4.50. The van der Waals surface area contributed by atoms with E-state index in [4.69, 9.17) is 33.4 Å². The van der Waals surface area contributed by atoms with E-state index in [0.717, 1.165) is 24.3 Å². The van der Waals surface area contributed by atoms with Gasteiger partial charge in [0.15, 0.2) is 0 Å². The third kappa shape index (κ3) is 4.47. The van der Waals surface area contributed by atoms with E-state index in [2.05, 4.69) is 4.74 Å². The molecule has 2 aromatic rings. The van der Waals surface area contributed by atoms with Gasteiger partial charge in [0, 0.05) is 0 Å². The van der Waals surface area contributed by atoms with Crippen LogP contribution in [0.5, 0.6) is 0 Å². The number of aromatic carboxylic acids is 4. The van der Waals surface area contributed by atoms with Crippen molar-refractivity contribution in [3.8, 4) is 0 Å². The van der Waals surface area contributed by atoms with Gasteiger partial charge in [0.1, 0.15) is 0 Å². The molecule has 0 radical (unpaired) electrons. The van der Waals surface area contributed by atoms with Gasteiger partial charge in [-0.2, -0.15) is 0 Å². The Bertz CT molecular complexity index is 1090. The lowest BCUT2D eigenvalue weighted by molar-refractivity contribution is 0.0385. The van der Waals surface area contributed by atoms with Gasteiger partial charge in [-0.15, -0.1) is 0 Å². The second kappa shape index (κ2) is 8.81. The molecule has 0 amide bonds. The molecule has 0 aliphatic rings. The van der Waals surface area contributed by atoms with Crippen molar-refractivity contribution in [1.82, 2.24) is 0 Å². The summed E-state index contributed by atoms with van der Waals surface area (Å²) in [5, 5.41) is 34.9. The Morgan fingerprint density at radius 2 is 0.839 bits per heavy atom. The van der Waals surface area contributed by atoms with Crippen molar-refractivity contribution >= 4 is 59.0 Å². The molecular weight excluding hydrogens is 463 g/mol. The van der Waals surface area contributed by atoms with Crippen molar-refractivity contribution < 1.29 is 53.9 Å². The molecule has 0 unspecified atom stereocenters. The molecule has 0 bridgehead atoms. The summed E-state index contributed by atoms with van der Waals surface area (Å²) >= 11 is 11.5. The first-order valence-electron chi connectivity index (χ1n) is 7.73. The van der Waals surface area contributed by atoms with Crippen LogP contribution in [-0.2, 0) is 4.74 Å². The predicted molar refractivity (Wildman–Crippen MR) is 100 cm³/mol. The topological polar surface area (TPSA) is 193 Å². The van der Waals surface area contributed by atoms with E-state index in [1.165, 1.54) is 0 Å². The minimum absolute atomic E-state index is 0.633. The van der Waals surface area contributed by atoms with Crippen molar-refractivity contribution in [3.63, 3.8) is 0 Å². The average Bonchev–Trinajstić information content (AvgIpc) is 2.65. The van der Waals surface area contributed by atoms with Gasteiger partial charge in [0.25, 0.3) is 0 Å². The van der Waals surface area contributed by atoms with Crippen LogP contribution in [0.1, 0.15) is 62.1 Å². The molecule has 0 aliphatic heterocycles. The molecule has 0 saturated carbocycles. The van der Waals surface area contributed by atoms with Crippen molar-refractivity contribution in [2.24, 2.45) is 0 Å². The second-order valence-corrected chi connectivity index (χ2v) is 6.35. The Labute approximate surface area is 181 Å². The number of hydrogen-bond donors (Lipinski definition) is 4. The first-order chi connectivity index (χ1) is 14.4. The van der Waals surface area contributed by atoms with E-state index in [-0.39, 0.29) is 0 Å². The molecule has 0 aliphatic carbocycles. The maximum atomic E-state index is 12.3. The number of hydrogen-bond acceptors (Lipinski definition) is 7. The summed E-state index contributed by atoms with van der Waals surface area (Å²) in [5.41, 5.74) is -4.77. The molecular formula is C18H8Cl2O11. The highest BCUT2D eigenvalue weighted by atomic mass is 35.5. The molecule has 2 rings (SSSR count). The molecule has 11 nitrogen and oxygen atoms in total. The van der Waals surface area contributed by atoms with Crippen LogP contribution >= 0.6 is 23.2 Å². The lowest BCUT2D eigenvalue weighted by Crippen LogP contribution is -2.20. The number of carboxylic acid groups (broad SMARTS) is 4. The maximum Gasteiger partial charge on any atom is 0.346 e. The van der Waals surface area contributed by atoms with E-state index >= 15 is 0 Å². The monoisotopic (exact) mass is 470 g/mol. The molecule has 0 spiro atoms. The molecule has 160 valence electrons. The van der Waals surface area contributed by atoms with Crippen molar-refractivity contribution in [3.05, 3.63) is 67.7 Å². The Balaban J connectivity index is 2.52. The number of esters is 2. The minimum Gasteiger partial charge on any atom is -0.478 e. The predicted octanol–water partition coefficient (Wildman–Crippen LogP) is 2.78. The van der Waals surface area contributed by atoms with Crippen LogP contribution in [0.3, 0.4) is 0 Å². The largest absolute Gasteiger partial charge is 0.478 e. The molecule has 13 heteroatoms. The Morgan fingerprint density at radius 1 is 0.548 bits per heavy atom. The summed E-state index contributed by atoms with van der Waals surface area (Å²) in [6.07, 6.45) is 0. The molecule has 0 atom stereocenters. The zero-order valence-electron chi connectivity index (χ0n) is 14.7. The van der Waals surface area contributed by atoms with Crippen LogP contribution in [0, 0.1) is 0 Å². The molecule has 2 aromatic carbocycles. The first kappa shape index (κ1) is 23.3. The molecule has 0 heterocycles. The van der Waals surface area contributed by atoms with Crippen molar-refractivity contribution in [2.75, 3.05) is 0 Å². The molecule has 0 saturated heterocycles. The normalized spacial score (nSPS) is 10.3. The number of ether oxygens (including phenoxy) is 1. The molecule has 4 N–H and O–H groups in total. The number of carbonyl (C=O) groups is 6. The molecule has 0 fully saturated rings. The highest BCUT2D eigenvalue weighted by Crippen LogP contribution is 2.28. The van der Waals surface area contributed by atoms with E-state index < -0.39 is 79.2 Å². The van der Waals surface area contributed by atoms with Crippen LogP contribution in [0.2, 0.25) is 10.0 Å². The Kier molecular flexibility index (Phi) is 6.63. The summed E-state index contributed by atoms with van der Waals surface area (Å²) in [7, 11) is 0. The number of halogens is 2. The van der Waals surface area contributed by atoms with E-state index in [1.54, 1.807) is 0 Å². The summed E-state index contributed by atoms with van der Waals surface area (Å²) in [6.45, 7) is 0. The van der Waals surface area contributed by atoms with Crippen LogP contribution in [0.4, 0.5) is 0 Å². The minimum atomic E-state index is -1.80. The summed E-state index contributed by atoms with van der Waals surface area (Å²) in [6, 6.07) is 3.10. The first-order valence-corrected chi connectivity index (χ1v) is 8.48. The van der Waals surface area contributed by atoms with Gasteiger partial charge in [0.2, 0.25) is 0 Å². The quantitative estimate of drug-likeness (QED) is 0.358. The third-order valence-electron chi connectivity index (χ3n) is 3.80. The lowest BCUT2D eigenvalue weighted by atomic mass is 10.0. The van der Waals surface area contributed by atoms with Gasteiger partial charge >= 0.3 is 35.8 Å². The van der Waals surface area contributed by atoms with Crippen LogP contribution < -0.4 is 0 Å². The number of carbonyl (C=O) groups excluding carboxylic acids is 2. The Morgan fingerprint density at radius 3 is 1.10 bits per heavy atom. The van der Waals surface area contributed by atoms with Gasteiger partial charge in [-0.3, -0.25) is 0 Å².